The van der Waals surface area contributed by atoms with Crippen molar-refractivity contribution < 1.29 is 9.47 Å². The highest BCUT2D eigenvalue weighted by molar-refractivity contribution is 5.63. The molecule has 23 heavy (non-hydrogen) atoms. The number of rotatable bonds is 6. The Morgan fingerprint density at radius 1 is 1.17 bits per heavy atom. The summed E-state index contributed by atoms with van der Waals surface area (Å²) in [7, 11) is 3.25. The van der Waals surface area contributed by atoms with Gasteiger partial charge < -0.3 is 20.5 Å². The lowest BCUT2D eigenvalue weighted by Crippen LogP contribution is -2.08. The molecule has 1 aromatic carbocycles. The largest absolute Gasteiger partial charge is 0.493 e. The van der Waals surface area contributed by atoms with Crippen LogP contribution in [0.2, 0.25) is 0 Å². The molecule has 0 fully saturated rings. The minimum Gasteiger partial charge on any atom is -0.493 e. The number of hydrogen-bond donors (Lipinski definition) is 2. The molecular formula is C15H18N6O2. The lowest BCUT2D eigenvalue weighted by molar-refractivity contribution is 0.354. The summed E-state index contributed by atoms with van der Waals surface area (Å²) >= 11 is 0. The van der Waals surface area contributed by atoms with Crippen LogP contribution in [-0.4, -0.2) is 40.3 Å². The molecule has 8 nitrogen and oxygen atoms in total. The molecule has 0 saturated carbocycles. The second-order valence-corrected chi connectivity index (χ2v) is 4.89. The molecule has 120 valence electrons. The van der Waals surface area contributed by atoms with Crippen molar-refractivity contribution in [3.05, 3.63) is 36.2 Å². The maximum atomic E-state index is 5.73. The molecule has 0 radical (unpaired) electrons. The summed E-state index contributed by atoms with van der Waals surface area (Å²) in [6.07, 6.45) is 4.18. The first-order valence-corrected chi connectivity index (χ1v) is 7.13. The Morgan fingerprint density at radius 2 is 2.00 bits per heavy atom. The molecule has 0 aliphatic heterocycles. The zero-order valence-corrected chi connectivity index (χ0v) is 13.0. The van der Waals surface area contributed by atoms with Gasteiger partial charge >= 0.3 is 0 Å². The predicted molar refractivity (Wildman–Crippen MR) is 86.9 cm³/mol. The molecule has 0 aliphatic carbocycles. The second-order valence-electron chi connectivity index (χ2n) is 4.89. The Balaban J connectivity index is 1.69. The third-order valence-electron chi connectivity index (χ3n) is 3.51. The SMILES string of the molecule is COc1ccc(CCNc2nccn3c(N)nnc23)cc1OC. The van der Waals surface area contributed by atoms with Gasteiger partial charge in [0.15, 0.2) is 17.3 Å². The Hall–Kier alpha value is -3.03. The number of nitrogens with zero attached hydrogens (tertiary/aromatic N) is 4. The van der Waals surface area contributed by atoms with E-state index in [9.17, 15) is 0 Å². The topological polar surface area (TPSA) is 99.6 Å². The van der Waals surface area contributed by atoms with Crippen molar-refractivity contribution in [2.24, 2.45) is 0 Å². The molecule has 3 rings (SSSR count). The van der Waals surface area contributed by atoms with Gasteiger partial charge in [0.2, 0.25) is 11.6 Å². The van der Waals surface area contributed by atoms with Gasteiger partial charge in [-0.2, -0.15) is 0 Å². The van der Waals surface area contributed by atoms with Crippen molar-refractivity contribution in [1.82, 2.24) is 19.6 Å². The Kier molecular flexibility index (Phi) is 4.13. The van der Waals surface area contributed by atoms with E-state index in [4.69, 9.17) is 15.2 Å². The summed E-state index contributed by atoms with van der Waals surface area (Å²) in [5.74, 6) is 2.42. The molecule has 0 aliphatic rings. The van der Waals surface area contributed by atoms with Gasteiger partial charge in [-0.15, -0.1) is 10.2 Å². The number of nitrogens with one attached hydrogen (secondary N) is 1. The fourth-order valence-corrected chi connectivity index (χ4v) is 2.33. The van der Waals surface area contributed by atoms with Crippen LogP contribution in [0.4, 0.5) is 11.8 Å². The fourth-order valence-electron chi connectivity index (χ4n) is 2.33. The molecule has 0 amide bonds. The van der Waals surface area contributed by atoms with Gasteiger partial charge in [0.1, 0.15) is 0 Å². The quantitative estimate of drug-likeness (QED) is 0.709. The van der Waals surface area contributed by atoms with Gasteiger partial charge in [0.25, 0.3) is 0 Å². The number of benzene rings is 1. The molecule has 2 heterocycles. The summed E-state index contributed by atoms with van der Waals surface area (Å²) in [5.41, 5.74) is 7.47. The van der Waals surface area contributed by atoms with Crippen LogP contribution in [0.3, 0.4) is 0 Å². The average molecular weight is 314 g/mol. The molecule has 3 aromatic rings. The van der Waals surface area contributed by atoms with Crippen LogP contribution >= 0.6 is 0 Å². The van der Waals surface area contributed by atoms with Crippen LogP contribution in [0.25, 0.3) is 5.65 Å². The Labute approximate surface area is 133 Å². The zero-order valence-electron chi connectivity index (χ0n) is 13.0. The number of methoxy groups -OCH3 is 2. The summed E-state index contributed by atoms with van der Waals surface area (Å²) in [5, 5.41) is 11.1. The highest BCUT2D eigenvalue weighted by atomic mass is 16.5. The normalized spacial score (nSPS) is 10.7. The number of nitrogens with two attached hydrogens (primary N) is 1. The second kappa shape index (κ2) is 6.39. The third-order valence-corrected chi connectivity index (χ3v) is 3.51. The molecule has 0 atom stereocenters. The van der Waals surface area contributed by atoms with Crippen LogP contribution in [0.15, 0.2) is 30.6 Å². The van der Waals surface area contributed by atoms with E-state index in [0.717, 1.165) is 23.5 Å². The summed E-state index contributed by atoms with van der Waals surface area (Å²) in [4.78, 5) is 4.28. The van der Waals surface area contributed by atoms with Crippen molar-refractivity contribution >= 4 is 17.4 Å². The standard InChI is InChI=1S/C15H18N6O2/c1-22-11-4-3-10(9-12(11)23-2)5-6-17-13-14-19-20-15(16)21(14)8-7-18-13/h3-4,7-9H,5-6H2,1-2H3,(H2,16,20)(H,17,18). The first-order valence-electron chi connectivity index (χ1n) is 7.13. The van der Waals surface area contributed by atoms with Gasteiger partial charge in [0.05, 0.1) is 14.2 Å². The van der Waals surface area contributed by atoms with E-state index >= 15 is 0 Å². The molecule has 8 heteroatoms. The monoisotopic (exact) mass is 314 g/mol. The van der Waals surface area contributed by atoms with Crippen molar-refractivity contribution in [1.29, 1.82) is 0 Å². The molecule has 0 unspecified atom stereocenters. The van der Waals surface area contributed by atoms with Crippen molar-refractivity contribution in [3.8, 4) is 11.5 Å². The van der Waals surface area contributed by atoms with E-state index in [-0.39, 0.29) is 0 Å². The summed E-state index contributed by atoms with van der Waals surface area (Å²) < 4.78 is 12.2. The fraction of sp³-hybridized carbons (Fsp3) is 0.267. The molecule has 0 spiro atoms. The average Bonchev–Trinajstić information content (AvgIpc) is 2.97. The van der Waals surface area contributed by atoms with E-state index in [0.29, 0.717) is 24.0 Å². The van der Waals surface area contributed by atoms with E-state index in [1.165, 1.54) is 0 Å². The van der Waals surface area contributed by atoms with Crippen LogP contribution in [-0.2, 0) is 6.42 Å². The zero-order chi connectivity index (χ0) is 16.2. The van der Waals surface area contributed by atoms with Crippen molar-refractivity contribution in [2.45, 2.75) is 6.42 Å². The van der Waals surface area contributed by atoms with Crippen LogP contribution in [0.5, 0.6) is 11.5 Å². The van der Waals surface area contributed by atoms with Gasteiger partial charge in [-0.1, -0.05) is 6.07 Å². The molecule has 2 aromatic heterocycles. The van der Waals surface area contributed by atoms with Gasteiger partial charge in [0, 0.05) is 18.9 Å². The minimum absolute atomic E-state index is 0.338. The van der Waals surface area contributed by atoms with Crippen LogP contribution < -0.4 is 20.5 Å². The molecule has 0 bridgehead atoms. The Morgan fingerprint density at radius 3 is 2.78 bits per heavy atom. The number of anilines is 2. The highest BCUT2D eigenvalue weighted by Gasteiger charge is 2.08. The first kappa shape index (κ1) is 14.9. The Bertz CT molecular complexity index is 817. The third kappa shape index (κ3) is 2.96. The van der Waals surface area contributed by atoms with Crippen LogP contribution in [0, 0.1) is 0 Å². The van der Waals surface area contributed by atoms with Crippen LogP contribution in [0.1, 0.15) is 5.56 Å². The van der Waals surface area contributed by atoms with E-state index in [2.05, 4.69) is 20.5 Å². The van der Waals surface area contributed by atoms with Crippen molar-refractivity contribution in [3.63, 3.8) is 0 Å². The maximum Gasteiger partial charge on any atom is 0.226 e. The number of aromatic nitrogens is 4. The smallest absolute Gasteiger partial charge is 0.226 e. The maximum absolute atomic E-state index is 5.73. The number of hydrogen-bond acceptors (Lipinski definition) is 7. The number of nitrogen functional groups attached to an aromatic ring is 1. The molecule has 0 saturated heterocycles. The highest BCUT2D eigenvalue weighted by Crippen LogP contribution is 2.27. The first-order chi connectivity index (χ1) is 11.2. The van der Waals surface area contributed by atoms with E-state index < -0.39 is 0 Å². The van der Waals surface area contributed by atoms with Crippen molar-refractivity contribution in [2.75, 3.05) is 31.8 Å². The lowest BCUT2D eigenvalue weighted by Gasteiger charge is -2.10. The molecular weight excluding hydrogens is 296 g/mol. The van der Waals surface area contributed by atoms with Gasteiger partial charge in [-0.25, -0.2) is 4.98 Å². The number of ether oxygens (including phenoxy) is 2. The number of fused-ring (bicyclic) bond motifs is 1. The summed E-state index contributed by atoms with van der Waals surface area (Å²) in [6, 6.07) is 5.86. The van der Waals surface area contributed by atoms with E-state index in [1.54, 1.807) is 31.0 Å². The van der Waals surface area contributed by atoms with E-state index in [1.807, 2.05) is 18.2 Å². The summed E-state index contributed by atoms with van der Waals surface area (Å²) in [6.45, 7) is 0.689. The van der Waals surface area contributed by atoms with Gasteiger partial charge in [-0.3, -0.25) is 4.40 Å². The minimum atomic E-state index is 0.338. The molecule has 3 N–H and O–H groups in total. The predicted octanol–water partition coefficient (Wildman–Crippen LogP) is 1.38. The lowest BCUT2D eigenvalue weighted by atomic mass is 10.1. The van der Waals surface area contributed by atoms with Gasteiger partial charge in [-0.05, 0) is 24.1 Å².